The van der Waals surface area contributed by atoms with Crippen LogP contribution in [0.3, 0.4) is 0 Å². The van der Waals surface area contributed by atoms with Crippen LogP contribution in [0.25, 0.3) is 22.4 Å². The smallest absolute Gasteiger partial charge is 0.267 e. The van der Waals surface area contributed by atoms with Gasteiger partial charge in [0.1, 0.15) is 5.75 Å². The van der Waals surface area contributed by atoms with Crippen LogP contribution < -0.4 is 4.74 Å². The topological polar surface area (TPSA) is 66.0 Å². The van der Waals surface area contributed by atoms with Crippen LogP contribution in [0.1, 0.15) is 32.3 Å². The molecule has 0 saturated carbocycles. The molecule has 0 N–H and O–H groups in total. The molecule has 0 amide bonds. The van der Waals surface area contributed by atoms with Crippen LogP contribution in [-0.2, 0) is 6.54 Å². The molecule has 0 unspecified atom stereocenters. The maximum absolute atomic E-state index is 5.85. The van der Waals surface area contributed by atoms with E-state index in [1.54, 1.807) is 0 Å². The fourth-order valence-corrected chi connectivity index (χ4v) is 2.89. The molecule has 0 aliphatic heterocycles. The number of aryl methyl sites for hydroxylation is 1. The second kappa shape index (κ2) is 7.00. The van der Waals surface area contributed by atoms with Crippen molar-refractivity contribution in [1.82, 2.24) is 19.7 Å². The van der Waals surface area contributed by atoms with Crippen LogP contribution in [0.4, 0.5) is 0 Å². The highest BCUT2D eigenvalue weighted by Crippen LogP contribution is 2.25. The van der Waals surface area contributed by atoms with E-state index in [1.165, 1.54) is 0 Å². The zero-order valence-corrected chi connectivity index (χ0v) is 14.8. The number of imidazole rings is 1. The molecule has 26 heavy (non-hydrogen) atoms. The average Bonchev–Trinajstić information content (AvgIpc) is 3.30. The van der Waals surface area contributed by atoms with Crippen molar-refractivity contribution in [2.24, 2.45) is 0 Å². The molecule has 4 aromatic rings. The van der Waals surface area contributed by atoms with Gasteiger partial charge in [-0.15, -0.1) is 0 Å². The van der Waals surface area contributed by atoms with Gasteiger partial charge in [0, 0.05) is 12.1 Å². The van der Waals surface area contributed by atoms with Gasteiger partial charge in [-0.3, -0.25) is 0 Å². The molecule has 132 valence electrons. The van der Waals surface area contributed by atoms with Gasteiger partial charge in [-0.2, -0.15) is 4.98 Å². The molecule has 2 aromatic carbocycles. The maximum Gasteiger partial charge on any atom is 0.267 e. The molecule has 0 aliphatic carbocycles. The first-order valence-corrected chi connectivity index (χ1v) is 8.75. The van der Waals surface area contributed by atoms with Crippen LogP contribution in [0.5, 0.6) is 5.75 Å². The van der Waals surface area contributed by atoms with E-state index in [0.717, 1.165) is 35.3 Å². The monoisotopic (exact) mass is 348 g/mol. The summed E-state index contributed by atoms with van der Waals surface area (Å²) < 4.78 is 13.4. The first-order valence-electron chi connectivity index (χ1n) is 8.75. The van der Waals surface area contributed by atoms with Gasteiger partial charge in [-0.1, -0.05) is 30.3 Å². The molecule has 4 rings (SSSR count). The summed E-state index contributed by atoms with van der Waals surface area (Å²) in [5, 5.41) is 4.12. The minimum atomic E-state index is -0.326. The number of benzene rings is 2. The van der Waals surface area contributed by atoms with Crippen molar-refractivity contribution in [2.45, 2.75) is 32.9 Å². The molecule has 0 spiro atoms. The number of aromatic nitrogens is 4. The zero-order chi connectivity index (χ0) is 17.9. The van der Waals surface area contributed by atoms with Crippen LogP contribution in [-0.4, -0.2) is 19.7 Å². The summed E-state index contributed by atoms with van der Waals surface area (Å²) in [4.78, 5) is 8.94. The van der Waals surface area contributed by atoms with Gasteiger partial charge >= 0.3 is 0 Å². The molecule has 6 nitrogen and oxygen atoms in total. The van der Waals surface area contributed by atoms with Crippen LogP contribution in [0.2, 0.25) is 0 Å². The van der Waals surface area contributed by atoms with Gasteiger partial charge < -0.3 is 13.8 Å². The molecule has 0 bridgehead atoms. The third-order valence-electron chi connectivity index (χ3n) is 4.19. The van der Waals surface area contributed by atoms with Crippen LogP contribution in [0.15, 0.2) is 59.4 Å². The normalized spacial score (nSPS) is 12.4. The minimum Gasteiger partial charge on any atom is -0.481 e. The van der Waals surface area contributed by atoms with Gasteiger partial charge in [-0.05, 0) is 43.7 Å². The third-order valence-corrected chi connectivity index (χ3v) is 4.19. The summed E-state index contributed by atoms with van der Waals surface area (Å²) in [5.74, 6) is 1.77. The lowest BCUT2D eigenvalue weighted by molar-refractivity contribution is 0.176. The van der Waals surface area contributed by atoms with Crippen molar-refractivity contribution < 1.29 is 9.26 Å². The van der Waals surface area contributed by atoms with Crippen molar-refractivity contribution in [3.05, 3.63) is 60.7 Å². The number of nitrogens with zero attached hydrogens (tertiary/aromatic N) is 4. The largest absolute Gasteiger partial charge is 0.481 e. The van der Waals surface area contributed by atoms with Crippen molar-refractivity contribution in [1.29, 1.82) is 0 Å². The van der Waals surface area contributed by atoms with E-state index in [9.17, 15) is 0 Å². The Hall–Kier alpha value is -3.15. The maximum atomic E-state index is 5.85. The Morgan fingerprint density at radius 1 is 1.15 bits per heavy atom. The van der Waals surface area contributed by atoms with Gasteiger partial charge in [-0.25, -0.2) is 4.98 Å². The van der Waals surface area contributed by atoms with E-state index >= 15 is 0 Å². The molecule has 0 aliphatic rings. The summed E-state index contributed by atoms with van der Waals surface area (Å²) in [5.41, 5.74) is 2.94. The first kappa shape index (κ1) is 16.3. The van der Waals surface area contributed by atoms with E-state index in [2.05, 4.69) is 32.7 Å². The Labute approximate surface area is 151 Å². The molecular weight excluding hydrogens is 328 g/mol. The summed E-state index contributed by atoms with van der Waals surface area (Å²) in [6.45, 7) is 4.97. The Kier molecular flexibility index (Phi) is 4.39. The zero-order valence-electron chi connectivity index (χ0n) is 14.8. The van der Waals surface area contributed by atoms with Gasteiger partial charge in [0.25, 0.3) is 5.89 Å². The van der Waals surface area contributed by atoms with Crippen molar-refractivity contribution >= 4 is 11.0 Å². The van der Waals surface area contributed by atoms with Crippen molar-refractivity contribution in [3.63, 3.8) is 0 Å². The Morgan fingerprint density at radius 2 is 2.00 bits per heavy atom. The Bertz CT molecular complexity index is 1010. The van der Waals surface area contributed by atoms with Gasteiger partial charge in [0.2, 0.25) is 5.82 Å². The predicted molar refractivity (Wildman–Crippen MR) is 98.8 cm³/mol. The number of rotatable bonds is 6. The first-order chi connectivity index (χ1) is 12.7. The van der Waals surface area contributed by atoms with E-state index in [1.807, 2.05) is 55.7 Å². The molecule has 0 saturated heterocycles. The molecule has 2 aromatic heterocycles. The standard InChI is InChI=1S/C20H20N4O2/c1-3-11-24-13-21-17-10-9-15(12-18(17)24)19-22-20(26-23-19)14(2)25-16-7-5-4-6-8-16/h4-10,12-14H,3,11H2,1-2H3/t14-/m1/s1. The fraction of sp³-hybridized carbons (Fsp3) is 0.250. The third kappa shape index (κ3) is 3.18. The lowest BCUT2D eigenvalue weighted by Gasteiger charge is -2.09. The average molecular weight is 348 g/mol. The summed E-state index contributed by atoms with van der Waals surface area (Å²) >= 11 is 0. The number of hydrogen-bond donors (Lipinski definition) is 0. The SMILES string of the molecule is CCCn1cnc2ccc(-c3noc([C@@H](C)Oc4ccccc4)n3)cc21. The Balaban J connectivity index is 1.59. The highest BCUT2D eigenvalue weighted by atomic mass is 16.5. The van der Waals surface area contributed by atoms with E-state index in [4.69, 9.17) is 9.26 Å². The summed E-state index contributed by atoms with van der Waals surface area (Å²) in [6.07, 6.45) is 2.60. The second-order valence-corrected chi connectivity index (χ2v) is 6.17. The van der Waals surface area contributed by atoms with Gasteiger partial charge in [0.05, 0.1) is 17.4 Å². The summed E-state index contributed by atoms with van der Waals surface area (Å²) in [7, 11) is 0. The minimum absolute atomic E-state index is 0.326. The van der Waals surface area contributed by atoms with Crippen LogP contribution >= 0.6 is 0 Å². The van der Waals surface area contributed by atoms with E-state index in [0.29, 0.717) is 11.7 Å². The van der Waals surface area contributed by atoms with E-state index < -0.39 is 0 Å². The lowest BCUT2D eigenvalue weighted by Crippen LogP contribution is -2.03. The second-order valence-electron chi connectivity index (χ2n) is 6.17. The molecule has 0 radical (unpaired) electrons. The molecular formula is C20H20N4O2. The molecule has 2 heterocycles. The van der Waals surface area contributed by atoms with Crippen molar-refractivity contribution in [3.8, 4) is 17.1 Å². The fourth-order valence-electron chi connectivity index (χ4n) is 2.89. The Morgan fingerprint density at radius 3 is 2.81 bits per heavy atom. The van der Waals surface area contributed by atoms with Crippen molar-refractivity contribution in [2.75, 3.05) is 0 Å². The molecule has 0 fully saturated rings. The number of fused-ring (bicyclic) bond motifs is 1. The van der Waals surface area contributed by atoms with Crippen LogP contribution in [0, 0.1) is 0 Å². The van der Waals surface area contributed by atoms with E-state index in [-0.39, 0.29) is 6.10 Å². The number of para-hydroxylation sites is 1. The highest BCUT2D eigenvalue weighted by molar-refractivity contribution is 5.80. The quantitative estimate of drug-likeness (QED) is 0.508. The predicted octanol–water partition coefficient (Wildman–Crippen LogP) is 4.64. The number of hydrogen-bond acceptors (Lipinski definition) is 5. The number of ether oxygens (including phenoxy) is 1. The molecule has 6 heteroatoms. The lowest BCUT2D eigenvalue weighted by atomic mass is 10.2. The molecule has 1 atom stereocenters. The highest BCUT2D eigenvalue weighted by Gasteiger charge is 2.17. The summed E-state index contributed by atoms with van der Waals surface area (Å²) in [6, 6.07) is 15.6. The van der Waals surface area contributed by atoms with Gasteiger partial charge in [0.15, 0.2) is 6.10 Å².